The summed E-state index contributed by atoms with van der Waals surface area (Å²) in [5, 5.41) is 2.69. The second kappa shape index (κ2) is 8.33. The third kappa shape index (κ3) is 5.28. The first-order chi connectivity index (χ1) is 10.2. The molecule has 116 valence electrons. The summed E-state index contributed by atoms with van der Waals surface area (Å²) in [6.45, 7) is 3.66. The molecule has 1 aromatic heterocycles. The predicted molar refractivity (Wildman–Crippen MR) is 84.2 cm³/mol. The maximum Gasteiger partial charge on any atom is 0.241 e. The molecular weight excluding hydrogens is 308 g/mol. The van der Waals surface area contributed by atoms with Crippen LogP contribution in [0.15, 0.2) is 0 Å². The minimum Gasteiger partial charge on any atom is -0.346 e. The van der Waals surface area contributed by atoms with Crippen LogP contribution in [0.5, 0.6) is 0 Å². The number of hydrogen-bond acceptors (Lipinski definition) is 6. The zero-order valence-corrected chi connectivity index (χ0v) is 13.8. The first-order valence-corrected chi connectivity index (χ1v) is 8.95. The van der Waals surface area contributed by atoms with Crippen molar-refractivity contribution in [2.24, 2.45) is 0 Å². The fourth-order valence-corrected chi connectivity index (χ4v) is 3.60. The van der Waals surface area contributed by atoms with Crippen molar-refractivity contribution in [3.63, 3.8) is 0 Å². The maximum absolute atomic E-state index is 11.9. The van der Waals surface area contributed by atoms with Gasteiger partial charge in [0.2, 0.25) is 11.8 Å². The molecule has 8 heteroatoms. The van der Waals surface area contributed by atoms with Crippen LogP contribution >= 0.6 is 23.5 Å². The van der Waals surface area contributed by atoms with Crippen LogP contribution in [0.2, 0.25) is 0 Å². The molecule has 0 saturated carbocycles. The number of nitrogens with one attached hydrogen (secondary N) is 1. The quantitative estimate of drug-likeness (QED) is 0.849. The molecule has 0 aromatic carbocycles. The van der Waals surface area contributed by atoms with E-state index < -0.39 is 0 Å². The van der Waals surface area contributed by atoms with Crippen molar-refractivity contribution in [1.29, 1.82) is 0 Å². The highest BCUT2D eigenvalue weighted by Gasteiger charge is 2.16. The normalized spacial score (nSPS) is 15.0. The Morgan fingerprint density at radius 1 is 1.29 bits per heavy atom. The van der Waals surface area contributed by atoms with E-state index in [0.717, 1.165) is 37.3 Å². The number of amides is 2. The van der Waals surface area contributed by atoms with E-state index >= 15 is 0 Å². The molecule has 2 heterocycles. The van der Waals surface area contributed by atoms with Gasteiger partial charge < -0.3 is 10.2 Å². The zero-order valence-electron chi connectivity index (χ0n) is 12.1. The summed E-state index contributed by atoms with van der Waals surface area (Å²) in [7, 11) is 0. The standard InChI is InChI=1S/C13H20N4O2S2/c1-10-11(16-21-15-10)8-20-9-12(18)14-7-13(19)17-5-3-2-4-6-17/h2-9H2,1H3,(H,14,18). The molecule has 0 aliphatic carbocycles. The summed E-state index contributed by atoms with van der Waals surface area (Å²) in [5.74, 6) is 0.930. The van der Waals surface area contributed by atoms with Crippen LogP contribution in [-0.2, 0) is 15.3 Å². The lowest BCUT2D eigenvalue weighted by atomic mass is 10.1. The molecule has 1 saturated heterocycles. The largest absolute Gasteiger partial charge is 0.346 e. The van der Waals surface area contributed by atoms with E-state index in [1.165, 1.54) is 29.9 Å². The molecule has 1 fully saturated rings. The first-order valence-electron chi connectivity index (χ1n) is 7.07. The fraction of sp³-hybridized carbons (Fsp3) is 0.692. The number of carbonyl (C=O) groups excluding carboxylic acids is 2. The molecule has 1 aliphatic rings. The van der Waals surface area contributed by atoms with Gasteiger partial charge in [-0.2, -0.15) is 8.75 Å². The van der Waals surface area contributed by atoms with Crippen LogP contribution in [-0.4, -0.2) is 50.8 Å². The molecule has 1 aliphatic heterocycles. The number of aromatic nitrogens is 2. The van der Waals surface area contributed by atoms with Gasteiger partial charge in [-0.3, -0.25) is 9.59 Å². The molecule has 0 unspecified atom stereocenters. The Morgan fingerprint density at radius 3 is 2.71 bits per heavy atom. The number of piperidine rings is 1. The van der Waals surface area contributed by atoms with Gasteiger partial charge in [-0.25, -0.2) is 0 Å². The van der Waals surface area contributed by atoms with Gasteiger partial charge >= 0.3 is 0 Å². The summed E-state index contributed by atoms with van der Waals surface area (Å²) >= 11 is 2.68. The third-order valence-electron chi connectivity index (χ3n) is 3.36. The van der Waals surface area contributed by atoms with E-state index in [2.05, 4.69) is 14.1 Å². The average molecular weight is 328 g/mol. The zero-order chi connectivity index (χ0) is 15.1. The van der Waals surface area contributed by atoms with Crippen molar-refractivity contribution in [3.05, 3.63) is 11.4 Å². The van der Waals surface area contributed by atoms with Crippen LogP contribution in [0.1, 0.15) is 30.7 Å². The van der Waals surface area contributed by atoms with Crippen LogP contribution in [0, 0.1) is 6.92 Å². The second-order valence-electron chi connectivity index (χ2n) is 5.01. The van der Waals surface area contributed by atoms with Gasteiger partial charge in [-0.1, -0.05) is 0 Å². The smallest absolute Gasteiger partial charge is 0.241 e. The first kappa shape index (κ1) is 16.2. The number of thioether (sulfide) groups is 1. The SMILES string of the molecule is Cc1nsnc1CSCC(=O)NCC(=O)N1CCCCC1. The molecule has 1 aromatic rings. The van der Waals surface area contributed by atoms with E-state index in [9.17, 15) is 9.59 Å². The minimum absolute atomic E-state index is 0.0209. The van der Waals surface area contributed by atoms with Gasteiger partial charge in [0.15, 0.2) is 0 Å². The summed E-state index contributed by atoms with van der Waals surface area (Å²) in [6.07, 6.45) is 3.32. The number of likely N-dealkylation sites (tertiary alicyclic amines) is 1. The lowest BCUT2D eigenvalue weighted by molar-refractivity contribution is -0.133. The van der Waals surface area contributed by atoms with Gasteiger partial charge in [-0.15, -0.1) is 11.8 Å². The molecule has 2 rings (SSSR count). The van der Waals surface area contributed by atoms with E-state index in [-0.39, 0.29) is 18.4 Å². The minimum atomic E-state index is -0.105. The highest BCUT2D eigenvalue weighted by Crippen LogP contribution is 2.13. The van der Waals surface area contributed by atoms with Crippen LogP contribution < -0.4 is 5.32 Å². The molecule has 0 spiro atoms. The Hall–Kier alpha value is -1.15. The van der Waals surface area contributed by atoms with Crippen LogP contribution in [0.25, 0.3) is 0 Å². The Labute approximate surface area is 133 Å². The summed E-state index contributed by atoms with van der Waals surface area (Å²) in [5.41, 5.74) is 1.86. The Balaban J connectivity index is 1.61. The van der Waals surface area contributed by atoms with E-state index in [4.69, 9.17) is 0 Å². The molecule has 2 amide bonds. The number of aryl methyl sites for hydroxylation is 1. The van der Waals surface area contributed by atoms with Gasteiger partial charge in [0.1, 0.15) is 0 Å². The number of hydrogen-bond donors (Lipinski definition) is 1. The van der Waals surface area contributed by atoms with Crippen molar-refractivity contribution >= 4 is 35.3 Å². The van der Waals surface area contributed by atoms with Crippen LogP contribution in [0.3, 0.4) is 0 Å². The predicted octanol–water partition coefficient (Wildman–Crippen LogP) is 1.21. The summed E-state index contributed by atoms with van der Waals surface area (Å²) < 4.78 is 8.26. The Kier molecular flexibility index (Phi) is 6.44. The number of carbonyl (C=O) groups is 2. The number of nitrogens with zero attached hydrogens (tertiary/aromatic N) is 3. The van der Waals surface area contributed by atoms with Crippen molar-refractivity contribution < 1.29 is 9.59 Å². The summed E-state index contributed by atoms with van der Waals surface area (Å²) in [6, 6.07) is 0. The highest BCUT2D eigenvalue weighted by atomic mass is 32.2. The molecule has 6 nitrogen and oxygen atoms in total. The summed E-state index contributed by atoms with van der Waals surface area (Å²) in [4.78, 5) is 25.4. The van der Waals surface area contributed by atoms with E-state index in [0.29, 0.717) is 11.5 Å². The van der Waals surface area contributed by atoms with Gasteiger partial charge in [0.05, 0.1) is 35.4 Å². The van der Waals surface area contributed by atoms with E-state index in [1.807, 2.05) is 11.8 Å². The molecule has 1 N–H and O–H groups in total. The van der Waals surface area contributed by atoms with Gasteiger partial charge in [0.25, 0.3) is 0 Å². The van der Waals surface area contributed by atoms with Crippen LogP contribution in [0.4, 0.5) is 0 Å². The molecule has 21 heavy (non-hydrogen) atoms. The maximum atomic E-state index is 11.9. The fourth-order valence-electron chi connectivity index (χ4n) is 2.10. The monoisotopic (exact) mass is 328 g/mol. The average Bonchev–Trinajstić information content (AvgIpc) is 2.91. The number of rotatable bonds is 6. The second-order valence-corrected chi connectivity index (χ2v) is 6.52. The van der Waals surface area contributed by atoms with E-state index in [1.54, 1.807) is 0 Å². The Bertz CT molecular complexity index is 486. The highest BCUT2D eigenvalue weighted by molar-refractivity contribution is 7.99. The lowest BCUT2D eigenvalue weighted by Crippen LogP contribution is -2.42. The molecular formula is C13H20N4O2S2. The van der Waals surface area contributed by atoms with Crippen molar-refractivity contribution in [2.75, 3.05) is 25.4 Å². The Morgan fingerprint density at radius 2 is 2.05 bits per heavy atom. The molecule has 0 bridgehead atoms. The van der Waals surface area contributed by atoms with Crippen molar-refractivity contribution in [1.82, 2.24) is 19.0 Å². The van der Waals surface area contributed by atoms with Gasteiger partial charge in [0, 0.05) is 18.8 Å². The lowest BCUT2D eigenvalue weighted by Gasteiger charge is -2.26. The van der Waals surface area contributed by atoms with Crippen molar-refractivity contribution in [3.8, 4) is 0 Å². The molecule has 0 radical (unpaired) electrons. The topological polar surface area (TPSA) is 75.2 Å². The third-order valence-corrected chi connectivity index (χ3v) is 4.97. The molecule has 0 atom stereocenters. The van der Waals surface area contributed by atoms with Gasteiger partial charge in [-0.05, 0) is 26.2 Å². The van der Waals surface area contributed by atoms with Crippen molar-refractivity contribution in [2.45, 2.75) is 31.9 Å².